The summed E-state index contributed by atoms with van der Waals surface area (Å²) < 4.78 is 23.5. The third-order valence-corrected chi connectivity index (χ3v) is 12.4. The van der Waals surface area contributed by atoms with E-state index < -0.39 is 0 Å². The van der Waals surface area contributed by atoms with Gasteiger partial charge in [-0.05, 0) is 124 Å². The molecule has 1 aromatic heterocycles. The van der Waals surface area contributed by atoms with E-state index in [1.54, 1.807) is 0 Å². The van der Waals surface area contributed by atoms with Crippen LogP contribution in [0.2, 0.25) is 0 Å². The van der Waals surface area contributed by atoms with Gasteiger partial charge in [0.2, 0.25) is 0 Å². The molecule has 0 amide bonds. The molecule has 1 aliphatic heterocycles. The highest BCUT2D eigenvalue weighted by Crippen LogP contribution is 2.52. The van der Waals surface area contributed by atoms with Gasteiger partial charge >= 0.3 is 0 Å². The molecule has 2 heterocycles. The lowest BCUT2D eigenvalue weighted by atomic mass is 9.82. The Morgan fingerprint density at radius 3 is 2.04 bits per heavy atom. The first-order valence-electron chi connectivity index (χ1n) is 19.5. The monoisotopic (exact) mass is 734 g/mol. The molecule has 4 heteroatoms. The molecule has 0 radical (unpaired) electrons. The van der Waals surface area contributed by atoms with E-state index in [4.69, 9.17) is 4.74 Å². The first-order chi connectivity index (χ1) is 27.9. The molecule has 10 aromatic rings. The number of aromatic nitrogens is 1. The van der Waals surface area contributed by atoms with Crippen LogP contribution >= 0.6 is 0 Å². The van der Waals surface area contributed by atoms with Crippen molar-refractivity contribution in [1.82, 2.24) is 4.57 Å². The number of hydrogen-bond donors (Lipinski definition) is 0. The van der Waals surface area contributed by atoms with Gasteiger partial charge in [-0.25, -0.2) is 4.39 Å². The SMILES string of the molecule is CC1(C)c2ccccc2-c2ccc(-n3c4ccc(N(c5ccc(F)cc5)c5ccc6c7c(cccc57)Oc5ccccc5-6)cc4c4cc5ccccc5cc43)cc21. The largest absolute Gasteiger partial charge is 0.456 e. The summed E-state index contributed by atoms with van der Waals surface area (Å²) in [6.45, 7) is 4.67. The second kappa shape index (κ2) is 11.7. The van der Waals surface area contributed by atoms with Crippen LogP contribution in [0.4, 0.5) is 21.5 Å². The fraction of sp³-hybridized carbons (Fsp3) is 0.0566. The number of anilines is 3. The molecule has 12 rings (SSSR count). The second-order valence-electron chi connectivity index (χ2n) is 15.9. The summed E-state index contributed by atoms with van der Waals surface area (Å²) in [5, 5.41) is 6.83. The summed E-state index contributed by atoms with van der Waals surface area (Å²) in [7, 11) is 0. The van der Waals surface area contributed by atoms with Crippen LogP contribution in [0, 0.1) is 5.82 Å². The van der Waals surface area contributed by atoms with Gasteiger partial charge in [0.15, 0.2) is 0 Å². The average molecular weight is 735 g/mol. The van der Waals surface area contributed by atoms with Gasteiger partial charge in [-0.15, -0.1) is 0 Å². The van der Waals surface area contributed by atoms with Gasteiger partial charge < -0.3 is 14.2 Å². The van der Waals surface area contributed by atoms with E-state index in [9.17, 15) is 4.39 Å². The van der Waals surface area contributed by atoms with Crippen molar-refractivity contribution in [2.45, 2.75) is 19.3 Å². The normalized spacial score (nSPS) is 13.5. The number of para-hydroxylation sites is 1. The van der Waals surface area contributed by atoms with E-state index in [0.717, 1.165) is 72.6 Å². The molecule has 0 N–H and O–H groups in total. The molecule has 0 saturated heterocycles. The molecule has 0 bridgehead atoms. The lowest BCUT2D eigenvalue weighted by Crippen LogP contribution is -2.15. The minimum atomic E-state index is -0.272. The van der Waals surface area contributed by atoms with Gasteiger partial charge in [-0.2, -0.15) is 0 Å². The number of nitrogens with zero attached hydrogens (tertiary/aromatic N) is 2. The van der Waals surface area contributed by atoms with E-state index in [-0.39, 0.29) is 11.2 Å². The van der Waals surface area contributed by atoms with Gasteiger partial charge in [-0.1, -0.05) is 105 Å². The van der Waals surface area contributed by atoms with Gasteiger partial charge in [0, 0.05) is 49.6 Å². The van der Waals surface area contributed by atoms with Crippen molar-refractivity contribution >= 4 is 60.4 Å². The minimum Gasteiger partial charge on any atom is -0.456 e. The first-order valence-corrected chi connectivity index (χ1v) is 19.5. The van der Waals surface area contributed by atoms with Crippen molar-refractivity contribution in [2.24, 2.45) is 0 Å². The predicted octanol–water partition coefficient (Wildman–Crippen LogP) is 14.8. The highest BCUT2D eigenvalue weighted by molar-refractivity contribution is 6.16. The van der Waals surface area contributed by atoms with Gasteiger partial charge in [-0.3, -0.25) is 0 Å². The Labute approximate surface area is 329 Å². The summed E-state index contributed by atoms with van der Waals surface area (Å²) in [6, 6.07) is 61.5. The molecule has 9 aromatic carbocycles. The summed E-state index contributed by atoms with van der Waals surface area (Å²) in [5.41, 5.74) is 13.6. The number of hydrogen-bond acceptors (Lipinski definition) is 2. The van der Waals surface area contributed by atoms with E-state index >= 15 is 0 Å². The van der Waals surface area contributed by atoms with E-state index in [2.05, 4.69) is 157 Å². The van der Waals surface area contributed by atoms with Crippen LogP contribution in [-0.4, -0.2) is 4.57 Å². The predicted molar refractivity (Wildman–Crippen MR) is 234 cm³/mol. The quantitative estimate of drug-likeness (QED) is 0.179. The third kappa shape index (κ3) is 4.58. The van der Waals surface area contributed by atoms with Crippen LogP contribution in [0.5, 0.6) is 11.5 Å². The molecular formula is C53H35FN2O. The molecule has 3 nitrogen and oxygen atoms in total. The summed E-state index contributed by atoms with van der Waals surface area (Å²) >= 11 is 0. The van der Waals surface area contributed by atoms with E-state index in [0.29, 0.717) is 0 Å². The molecule has 270 valence electrons. The van der Waals surface area contributed by atoms with Crippen molar-refractivity contribution in [1.29, 1.82) is 0 Å². The highest BCUT2D eigenvalue weighted by atomic mass is 19.1. The maximum Gasteiger partial charge on any atom is 0.135 e. The molecule has 1 aliphatic carbocycles. The van der Waals surface area contributed by atoms with Crippen molar-refractivity contribution in [2.75, 3.05) is 4.90 Å². The maximum atomic E-state index is 14.6. The molecule has 2 aliphatic rings. The first kappa shape index (κ1) is 32.1. The van der Waals surface area contributed by atoms with Crippen molar-refractivity contribution < 1.29 is 9.13 Å². The average Bonchev–Trinajstić information content (AvgIpc) is 3.68. The van der Waals surface area contributed by atoms with Crippen LogP contribution in [0.25, 0.3) is 71.3 Å². The Hall–Kier alpha value is -7.17. The number of benzene rings is 9. The van der Waals surface area contributed by atoms with Gasteiger partial charge in [0.25, 0.3) is 0 Å². The number of rotatable bonds is 4. The summed E-state index contributed by atoms with van der Waals surface area (Å²) in [6.07, 6.45) is 0. The topological polar surface area (TPSA) is 17.4 Å². The molecule has 0 atom stereocenters. The van der Waals surface area contributed by atoms with Crippen molar-refractivity contribution in [3.63, 3.8) is 0 Å². The van der Waals surface area contributed by atoms with Crippen LogP contribution in [0.15, 0.2) is 176 Å². The van der Waals surface area contributed by atoms with Gasteiger partial charge in [0.05, 0.1) is 16.7 Å². The molecule has 0 spiro atoms. The second-order valence-corrected chi connectivity index (χ2v) is 15.9. The Bertz CT molecular complexity index is 3320. The maximum absolute atomic E-state index is 14.6. The van der Waals surface area contributed by atoms with E-state index in [1.807, 2.05) is 30.3 Å². The van der Waals surface area contributed by atoms with Crippen LogP contribution in [0.1, 0.15) is 25.0 Å². The Morgan fingerprint density at radius 1 is 0.491 bits per heavy atom. The third-order valence-electron chi connectivity index (χ3n) is 12.4. The zero-order valence-electron chi connectivity index (χ0n) is 31.4. The molecular weight excluding hydrogens is 700 g/mol. The molecule has 57 heavy (non-hydrogen) atoms. The number of fused-ring (bicyclic) bond motifs is 9. The molecule has 0 unspecified atom stereocenters. The van der Waals surface area contributed by atoms with Crippen molar-refractivity contribution in [3.8, 4) is 39.4 Å². The zero-order valence-corrected chi connectivity index (χ0v) is 31.4. The van der Waals surface area contributed by atoms with Crippen LogP contribution < -0.4 is 9.64 Å². The minimum absolute atomic E-state index is 0.123. The van der Waals surface area contributed by atoms with Crippen molar-refractivity contribution in [3.05, 3.63) is 193 Å². The fourth-order valence-corrected chi connectivity index (χ4v) is 9.72. The molecule has 0 saturated carbocycles. The highest BCUT2D eigenvalue weighted by Gasteiger charge is 2.35. The standard InChI is InChI=1S/C53H35FN2O/c1-53(2)45-15-7-5-12-38(45)39-24-22-37(31-46(39)53)56-48-26-23-36(30-44(48)43-28-32-10-3-4-11-33(32)29-49(43)56)55(35-20-18-34(54)19-21-35)47-27-25-41-40-13-6-8-16-50(40)57-51-17-9-14-42(47)52(41)51/h3-31H,1-2H3. The number of ether oxygens (including phenoxy) is 1. The Kier molecular flexibility index (Phi) is 6.58. The lowest BCUT2D eigenvalue weighted by Gasteiger charge is -2.29. The summed E-state index contributed by atoms with van der Waals surface area (Å²) in [5.74, 6) is 1.41. The van der Waals surface area contributed by atoms with Crippen LogP contribution in [0.3, 0.4) is 0 Å². The fourth-order valence-electron chi connectivity index (χ4n) is 9.72. The van der Waals surface area contributed by atoms with Gasteiger partial charge in [0.1, 0.15) is 17.3 Å². The van der Waals surface area contributed by atoms with E-state index in [1.165, 1.54) is 50.5 Å². The smallest absolute Gasteiger partial charge is 0.135 e. The zero-order chi connectivity index (χ0) is 38.0. The lowest BCUT2D eigenvalue weighted by molar-refractivity contribution is 0.487. The number of halogens is 1. The van der Waals surface area contributed by atoms with Crippen LogP contribution in [-0.2, 0) is 5.41 Å². The molecule has 0 fully saturated rings. The Morgan fingerprint density at radius 2 is 1.18 bits per heavy atom. The Balaban J connectivity index is 1.11. The summed E-state index contributed by atoms with van der Waals surface area (Å²) in [4.78, 5) is 2.25.